The molecule has 0 saturated heterocycles. The first-order chi connectivity index (χ1) is 9.51. The Labute approximate surface area is 117 Å². The Bertz CT molecular complexity index is 719. The second-order valence-electron chi connectivity index (χ2n) is 4.08. The van der Waals surface area contributed by atoms with Crippen LogP contribution in [0, 0.1) is 5.82 Å². The summed E-state index contributed by atoms with van der Waals surface area (Å²) in [5, 5.41) is 1.06. The van der Waals surface area contributed by atoms with Crippen molar-refractivity contribution >= 4 is 15.9 Å². The van der Waals surface area contributed by atoms with Crippen LogP contribution in [0.2, 0.25) is 0 Å². The summed E-state index contributed by atoms with van der Waals surface area (Å²) >= 11 is 0. The van der Waals surface area contributed by atoms with Crippen LogP contribution in [0.25, 0.3) is 6.08 Å². The Morgan fingerprint density at radius 3 is 2.40 bits per heavy atom. The lowest BCUT2D eigenvalue weighted by atomic mass is 10.2. The van der Waals surface area contributed by atoms with Gasteiger partial charge in [-0.1, -0.05) is 12.1 Å². The fourth-order valence-electron chi connectivity index (χ4n) is 1.62. The molecular weight excluding hydrogens is 279 g/mol. The van der Waals surface area contributed by atoms with E-state index in [4.69, 9.17) is 4.74 Å². The molecule has 0 radical (unpaired) electrons. The van der Waals surface area contributed by atoms with E-state index in [-0.39, 0.29) is 4.90 Å². The van der Waals surface area contributed by atoms with Gasteiger partial charge in [0.15, 0.2) is 9.84 Å². The molecular formula is C15H13FO3S. The first kappa shape index (κ1) is 14.3. The van der Waals surface area contributed by atoms with Crippen molar-refractivity contribution in [1.82, 2.24) is 0 Å². The van der Waals surface area contributed by atoms with E-state index in [9.17, 15) is 12.8 Å². The molecule has 0 spiro atoms. The minimum atomic E-state index is -3.55. The molecule has 0 fully saturated rings. The van der Waals surface area contributed by atoms with Crippen molar-refractivity contribution in [3.8, 4) is 5.75 Å². The largest absolute Gasteiger partial charge is 0.497 e. The van der Waals surface area contributed by atoms with Crippen LogP contribution in [0.1, 0.15) is 5.56 Å². The Kier molecular flexibility index (Phi) is 4.20. The molecule has 0 saturated carbocycles. The van der Waals surface area contributed by atoms with Crippen molar-refractivity contribution in [3.63, 3.8) is 0 Å². The lowest BCUT2D eigenvalue weighted by Gasteiger charge is -2.02. The highest BCUT2D eigenvalue weighted by Gasteiger charge is 2.10. The molecule has 0 unspecified atom stereocenters. The van der Waals surface area contributed by atoms with Crippen LogP contribution in [0.15, 0.2) is 58.8 Å². The van der Waals surface area contributed by atoms with Gasteiger partial charge in [0.25, 0.3) is 0 Å². The first-order valence-corrected chi connectivity index (χ1v) is 7.39. The molecule has 0 aromatic heterocycles. The molecule has 2 rings (SSSR count). The van der Waals surface area contributed by atoms with E-state index in [1.165, 1.54) is 43.5 Å². The first-order valence-electron chi connectivity index (χ1n) is 5.84. The summed E-state index contributed by atoms with van der Waals surface area (Å²) in [6, 6.07) is 11.8. The van der Waals surface area contributed by atoms with Crippen molar-refractivity contribution in [2.24, 2.45) is 0 Å². The van der Waals surface area contributed by atoms with Crippen molar-refractivity contribution in [2.75, 3.05) is 7.11 Å². The van der Waals surface area contributed by atoms with Gasteiger partial charge in [0, 0.05) is 5.41 Å². The fourth-order valence-corrected chi connectivity index (χ4v) is 2.63. The van der Waals surface area contributed by atoms with Crippen LogP contribution < -0.4 is 4.74 Å². The highest BCUT2D eigenvalue weighted by molar-refractivity contribution is 7.94. The van der Waals surface area contributed by atoms with Gasteiger partial charge < -0.3 is 4.74 Å². The van der Waals surface area contributed by atoms with Gasteiger partial charge in [0.2, 0.25) is 0 Å². The summed E-state index contributed by atoms with van der Waals surface area (Å²) in [5.74, 6) is 0.173. The third-order valence-corrected chi connectivity index (χ3v) is 4.10. The fraction of sp³-hybridized carbons (Fsp3) is 0.0667. The van der Waals surface area contributed by atoms with Gasteiger partial charge in [-0.15, -0.1) is 0 Å². The predicted octanol–water partition coefficient (Wildman–Crippen LogP) is 3.28. The molecule has 0 bridgehead atoms. The number of sulfone groups is 1. The monoisotopic (exact) mass is 292 g/mol. The summed E-state index contributed by atoms with van der Waals surface area (Å²) in [5.41, 5.74) is 0.488. The zero-order chi connectivity index (χ0) is 14.6. The lowest BCUT2D eigenvalue weighted by Crippen LogP contribution is -1.96. The Balaban J connectivity index is 2.26. The van der Waals surface area contributed by atoms with E-state index >= 15 is 0 Å². The Hall–Kier alpha value is -2.14. The molecule has 0 aliphatic heterocycles. The van der Waals surface area contributed by atoms with Gasteiger partial charge in [0.05, 0.1) is 12.0 Å². The second kappa shape index (κ2) is 5.88. The molecule has 2 aromatic carbocycles. The van der Waals surface area contributed by atoms with E-state index in [2.05, 4.69) is 0 Å². The normalized spacial score (nSPS) is 11.7. The standard InChI is InChI=1S/C15H13FO3S/c1-19-14-5-7-15(8-6-14)20(17,18)10-9-12-3-2-4-13(16)11-12/h2-11H,1H3/b10-9+. The minimum absolute atomic E-state index is 0.158. The molecule has 104 valence electrons. The van der Waals surface area contributed by atoms with Crippen LogP contribution in [0.3, 0.4) is 0 Å². The summed E-state index contributed by atoms with van der Waals surface area (Å²) in [7, 11) is -2.05. The van der Waals surface area contributed by atoms with Crippen LogP contribution in [0.4, 0.5) is 4.39 Å². The Morgan fingerprint density at radius 1 is 1.10 bits per heavy atom. The lowest BCUT2D eigenvalue weighted by molar-refractivity contribution is 0.414. The molecule has 0 amide bonds. The topological polar surface area (TPSA) is 43.4 Å². The number of benzene rings is 2. The van der Waals surface area contributed by atoms with Gasteiger partial charge in [-0.3, -0.25) is 0 Å². The molecule has 0 atom stereocenters. The highest BCUT2D eigenvalue weighted by atomic mass is 32.2. The average molecular weight is 292 g/mol. The molecule has 0 aliphatic carbocycles. The number of hydrogen-bond donors (Lipinski definition) is 0. The molecule has 20 heavy (non-hydrogen) atoms. The minimum Gasteiger partial charge on any atom is -0.497 e. The third-order valence-electron chi connectivity index (χ3n) is 2.68. The molecule has 3 nitrogen and oxygen atoms in total. The number of hydrogen-bond acceptors (Lipinski definition) is 3. The van der Waals surface area contributed by atoms with Gasteiger partial charge in [-0.25, -0.2) is 12.8 Å². The quantitative estimate of drug-likeness (QED) is 0.868. The van der Waals surface area contributed by atoms with Crippen molar-refractivity contribution in [2.45, 2.75) is 4.90 Å². The van der Waals surface area contributed by atoms with Gasteiger partial charge >= 0.3 is 0 Å². The molecule has 0 N–H and O–H groups in total. The van der Waals surface area contributed by atoms with E-state index in [0.29, 0.717) is 11.3 Å². The number of rotatable bonds is 4. The maximum absolute atomic E-state index is 13.0. The smallest absolute Gasteiger partial charge is 0.199 e. The number of ether oxygens (including phenoxy) is 1. The number of halogens is 1. The molecule has 0 aliphatic rings. The third kappa shape index (κ3) is 3.45. The maximum atomic E-state index is 13.0. The zero-order valence-electron chi connectivity index (χ0n) is 10.8. The van der Waals surface area contributed by atoms with Gasteiger partial charge in [0.1, 0.15) is 11.6 Å². The number of methoxy groups -OCH3 is 1. The van der Waals surface area contributed by atoms with Crippen molar-refractivity contribution in [1.29, 1.82) is 0 Å². The summed E-state index contributed by atoms with van der Waals surface area (Å²) in [6.45, 7) is 0. The van der Waals surface area contributed by atoms with Gasteiger partial charge in [-0.05, 0) is 48.0 Å². The van der Waals surface area contributed by atoms with Gasteiger partial charge in [-0.2, -0.15) is 0 Å². The van der Waals surface area contributed by atoms with E-state index in [1.54, 1.807) is 18.2 Å². The highest BCUT2D eigenvalue weighted by Crippen LogP contribution is 2.18. The summed E-state index contributed by atoms with van der Waals surface area (Å²) < 4.78 is 42.1. The summed E-state index contributed by atoms with van der Waals surface area (Å²) in [4.78, 5) is 0.158. The molecule has 2 aromatic rings. The zero-order valence-corrected chi connectivity index (χ0v) is 11.6. The van der Waals surface area contributed by atoms with E-state index in [0.717, 1.165) is 5.41 Å². The predicted molar refractivity (Wildman–Crippen MR) is 75.6 cm³/mol. The van der Waals surface area contributed by atoms with Crippen LogP contribution >= 0.6 is 0 Å². The van der Waals surface area contributed by atoms with Crippen LogP contribution in [0.5, 0.6) is 5.75 Å². The maximum Gasteiger partial charge on any atom is 0.199 e. The Morgan fingerprint density at radius 2 is 1.80 bits per heavy atom. The van der Waals surface area contributed by atoms with Crippen LogP contribution in [-0.4, -0.2) is 15.5 Å². The van der Waals surface area contributed by atoms with E-state index < -0.39 is 15.7 Å². The van der Waals surface area contributed by atoms with Crippen molar-refractivity contribution in [3.05, 3.63) is 65.3 Å². The molecule has 5 heteroatoms. The SMILES string of the molecule is COc1ccc(S(=O)(=O)/C=C/c2cccc(F)c2)cc1. The molecule has 0 heterocycles. The summed E-state index contributed by atoms with van der Waals surface area (Å²) in [6.07, 6.45) is 1.36. The van der Waals surface area contributed by atoms with E-state index in [1.807, 2.05) is 0 Å². The average Bonchev–Trinajstić information content (AvgIpc) is 2.45. The van der Waals surface area contributed by atoms with Crippen molar-refractivity contribution < 1.29 is 17.5 Å². The van der Waals surface area contributed by atoms with Crippen LogP contribution in [-0.2, 0) is 9.84 Å². The second-order valence-corrected chi connectivity index (χ2v) is 5.91.